The van der Waals surface area contributed by atoms with Crippen LogP contribution in [0.5, 0.6) is 0 Å². The number of hydrogen-bond acceptors (Lipinski definition) is 4. The normalized spacial score (nSPS) is 20.8. The molecule has 1 aromatic carbocycles. The molecule has 1 aliphatic rings. The van der Waals surface area contributed by atoms with Crippen LogP contribution in [0, 0.1) is 0 Å². The monoisotopic (exact) mass is 346 g/mol. The molecule has 0 saturated carbocycles. The summed E-state index contributed by atoms with van der Waals surface area (Å²) in [7, 11) is 0.947. The molecule has 1 aromatic rings. The van der Waals surface area contributed by atoms with Gasteiger partial charge in [0, 0.05) is 13.6 Å². The number of aliphatic hydroxyl groups is 1. The van der Waals surface area contributed by atoms with Gasteiger partial charge >= 0.3 is 18.2 Å². The first-order valence-electron chi connectivity index (χ1n) is 7.18. The maximum absolute atomic E-state index is 12.5. The topological polar surface area (TPSA) is 70.1 Å². The van der Waals surface area contributed by atoms with Gasteiger partial charge in [-0.25, -0.2) is 4.79 Å². The standard InChI is InChI=1S/C15H17F3N2O4/c1-19(13(22)15(16,17)18)11-7-20(8-12(11)21)14(23)24-9-10-5-3-2-4-6-10/h2-6,11-12,21H,7-9H2,1H3/t11-,12-/m1/s1. The van der Waals surface area contributed by atoms with Crippen molar-refractivity contribution in [3.05, 3.63) is 35.9 Å². The van der Waals surface area contributed by atoms with E-state index in [0.717, 1.165) is 17.5 Å². The number of ether oxygens (including phenoxy) is 1. The van der Waals surface area contributed by atoms with Crippen LogP contribution in [0.2, 0.25) is 0 Å². The lowest BCUT2D eigenvalue weighted by atomic mass is 10.2. The van der Waals surface area contributed by atoms with Gasteiger partial charge in [0.2, 0.25) is 0 Å². The Morgan fingerprint density at radius 1 is 1.29 bits per heavy atom. The Labute approximate surface area is 136 Å². The van der Waals surface area contributed by atoms with Crippen LogP contribution >= 0.6 is 0 Å². The number of nitrogens with zero attached hydrogens (tertiary/aromatic N) is 2. The zero-order chi connectivity index (χ0) is 17.9. The molecule has 0 unspecified atom stereocenters. The Balaban J connectivity index is 1.92. The van der Waals surface area contributed by atoms with Crippen LogP contribution in [0.1, 0.15) is 5.56 Å². The summed E-state index contributed by atoms with van der Waals surface area (Å²) in [6.45, 7) is -0.421. The number of β-amino-alcohol motifs (C(OH)–C–C–N with tert-alkyl or cyclic N) is 1. The van der Waals surface area contributed by atoms with Gasteiger partial charge in [0.25, 0.3) is 0 Å². The first-order valence-corrected chi connectivity index (χ1v) is 7.18. The fourth-order valence-electron chi connectivity index (χ4n) is 2.46. The Kier molecular flexibility index (Phi) is 5.33. The molecule has 1 saturated heterocycles. The van der Waals surface area contributed by atoms with Crippen LogP contribution in [-0.2, 0) is 16.1 Å². The smallest absolute Gasteiger partial charge is 0.445 e. The number of amides is 2. The van der Waals surface area contributed by atoms with Crippen molar-refractivity contribution in [2.45, 2.75) is 24.9 Å². The molecule has 0 aliphatic carbocycles. The van der Waals surface area contributed by atoms with Crippen molar-refractivity contribution in [3.63, 3.8) is 0 Å². The van der Waals surface area contributed by atoms with Gasteiger partial charge in [-0.3, -0.25) is 4.79 Å². The van der Waals surface area contributed by atoms with Gasteiger partial charge in [-0.1, -0.05) is 30.3 Å². The lowest BCUT2D eigenvalue weighted by Gasteiger charge is -2.27. The van der Waals surface area contributed by atoms with Crippen LogP contribution < -0.4 is 0 Å². The van der Waals surface area contributed by atoms with Crippen molar-refractivity contribution in [2.24, 2.45) is 0 Å². The largest absolute Gasteiger partial charge is 0.471 e. The molecule has 2 atom stereocenters. The highest BCUT2D eigenvalue weighted by Gasteiger charge is 2.47. The average Bonchev–Trinajstić information content (AvgIpc) is 2.93. The molecule has 1 fully saturated rings. The number of benzene rings is 1. The molecule has 0 bridgehead atoms. The number of hydrogen-bond donors (Lipinski definition) is 1. The van der Waals surface area contributed by atoms with Gasteiger partial charge in [-0.15, -0.1) is 0 Å². The van der Waals surface area contributed by atoms with Crippen molar-refractivity contribution in [1.82, 2.24) is 9.80 Å². The minimum atomic E-state index is -5.03. The third-order valence-electron chi connectivity index (χ3n) is 3.78. The predicted octanol–water partition coefficient (Wildman–Crippen LogP) is 1.39. The maximum atomic E-state index is 12.5. The third kappa shape index (κ3) is 4.16. The van der Waals surface area contributed by atoms with Gasteiger partial charge < -0.3 is 19.6 Å². The second-order valence-corrected chi connectivity index (χ2v) is 5.49. The van der Waals surface area contributed by atoms with Crippen LogP contribution in [0.15, 0.2) is 30.3 Å². The molecule has 0 radical (unpaired) electrons. The van der Waals surface area contributed by atoms with Crippen LogP contribution in [0.3, 0.4) is 0 Å². The third-order valence-corrected chi connectivity index (χ3v) is 3.78. The number of likely N-dealkylation sites (tertiary alicyclic amines) is 1. The highest BCUT2D eigenvalue weighted by atomic mass is 19.4. The summed E-state index contributed by atoms with van der Waals surface area (Å²) in [6, 6.07) is 7.73. The first kappa shape index (κ1) is 18.1. The molecule has 2 rings (SSSR count). The van der Waals surface area contributed by atoms with Gasteiger partial charge in [-0.2, -0.15) is 13.2 Å². The molecule has 0 aromatic heterocycles. The van der Waals surface area contributed by atoms with Gasteiger partial charge in [0.1, 0.15) is 6.61 Å². The van der Waals surface area contributed by atoms with E-state index in [1.807, 2.05) is 0 Å². The highest BCUT2D eigenvalue weighted by Crippen LogP contribution is 2.23. The van der Waals surface area contributed by atoms with E-state index >= 15 is 0 Å². The lowest BCUT2D eigenvalue weighted by Crippen LogP contribution is -2.49. The maximum Gasteiger partial charge on any atom is 0.471 e. The summed E-state index contributed by atoms with van der Waals surface area (Å²) >= 11 is 0. The van der Waals surface area contributed by atoms with Crippen LogP contribution in [-0.4, -0.2) is 65.4 Å². The van der Waals surface area contributed by atoms with E-state index in [-0.39, 0.29) is 19.7 Å². The molecule has 132 valence electrons. The molecule has 6 nitrogen and oxygen atoms in total. The van der Waals surface area contributed by atoms with E-state index in [4.69, 9.17) is 4.74 Å². The Hall–Kier alpha value is -2.29. The molecule has 1 heterocycles. The Morgan fingerprint density at radius 3 is 2.50 bits per heavy atom. The van der Waals surface area contributed by atoms with E-state index in [1.54, 1.807) is 30.3 Å². The van der Waals surface area contributed by atoms with Crippen molar-refractivity contribution >= 4 is 12.0 Å². The van der Waals surface area contributed by atoms with Crippen LogP contribution in [0.25, 0.3) is 0 Å². The number of likely N-dealkylation sites (N-methyl/N-ethyl adjacent to an activating group) is 1. The van der Waals surface area contributed by atoms with Crippen molar-refractivity contribution < 1.29 is 32.6 Å². The van der Waals surface area contributed by atoms with E-state index in [0.29, 0.717) is 4.90 Å². The molecule has 9 heteroatoms. The summed E-state index contributed by atoms with van der Waals surface area (Å²) in [5, 5.41) is 9.87. The number of alkyl halides is 3. The number of rotatable bonds is 3. The quantitative estimate of drug-likeness (QED) is 0.898. The van der Waals surface area contributed by atoms with Crippen molar-refractivity contribution in [2.75, 3.05) is 20.1 Å². The van der Waals surface area contributed by atoms with Gasteiger partial charge in [-0.05, 0) is 5.56 Å². The Morgan fingerprint density at radius 2 is 1.92 bits per heavy atom. The number of aliphatic hydroxyl groups excluding tert-OH is 1. The Bertz CT molecular complexity index is 594. The lowest BCUT2D eigenvalue weighted by molar-refractivity contribution is -0.187. The summed E-state index contributed by atoms with van der Waals surface area (Å²) < 4.78 is 42.5. The molecule has 24 heavy (non-hydrogen) atoms. The fraction of sp³-hybridized carbons (Fsp3) is 0.467. The predicted molar refractivity (Wildman–Crippen MR) is 76.8 cm³/mol. The van der Waals surface area contributed by atoms with E-state index in [2.05, 4.69) is 0 Å². The molecular formula is C15H17F3N2O4. The van der Waals surface area contributed by atoms with Crippen molar-refractivity contribution in [3.8, 4) is 0 Å². The minimum Gasteiger partial charge on any atom is -0.445 e. The molecular weight excluding hydrogens is 329 g/mol. The second-order valence-electron chi connectivity index (χ2n) is 5.49. The van der Waals surface area contributed by atoms with Gasteiger partial charge in [0.05, 0.1) is 18.7 Å². The average molecular weight is 346 g/mol. The number of carbonyl (C=O) groups is 2. The van der Waals surface area contributed by atoms with Gasteiger partial charge in [0.15, 0.2) is 0 Å². The summed E-state index contributed by atoms with van der Waals surface area (Å²) in [4.78, 5) is 24.7. The second kappa shape index (κ2) is 7.08. The molecule has 2 amide bonds. The van der Waals surface area contributed by atoms with Crippen molar-refractivity contribution in [1.29, 1.82) is 0 Å². The van der Waals surface area contributed by atoms with Crippen LogP contribution in [0.4, 0.5) is 18.0 Å². The van der Waals surface area contributed by atoms with E-state index in [9.17, 15) is 27.9 Å². The number of halogens is 3. The first-order chi connectivity index (χ1) is 11.2. The van der Waals surface area contributed by atoms with E-state index < -0.39 is 30.3 Å². The minimum absolute atomic E-state index is 0.00819. The molecule has 0 spiro atoms. The molecule has 1 N–H and O–H groups in total. The zero-order valence-electron chi connectivity index (χ0n) is 12.9. The van der Waals surface area contributed by atoms with E-state index in [1.165, 1.54) is 0 Å². The summed E-state index contributed by atoms with van der Waals surface area (Å²) in [5.41, 5.74) is 0.756. The number of carbonyl (C=O) groups excluding carboxylic acids is 2. The SMILES string of the molecule is CN(C(=O)C(F)(F)F)[C@@H]1CN(C(=O)OCc2ccccc2)C[C@H]1O. The summed E-state index contributed by atoms with van der Waals surface area (Å²) in [6.07, 6.45) is -7.06. The zero-order valence-corrected chi connectivity index (χ0v) is 12.9. The highest BCUT2D eigenvalue weighted by molar-refractivity contribution is 5.82. The summed E-state index contributed by atoms with van der Waals surface area (Å²) in [5.74, 6) is -2.06. The fourth-order valence-corrected chi connectivity index (χ4v) is 2.46. The molecule has 1 aliphatic heterocycles.